The molecule has 0 bridgehead atoms. The van der Waals surface area contributed by atoms with Gasteiger partial charge in [0.05, 0.1) is 17.6 Å². The number of pyridine rings is 1. The van der Waals surface area contributed by atoms with Crippen LogP contribution >= 0.6 is 0 Å². The molecule has 1 saturated heterocycles. The predicted molar refractivity (Wildman–Crippen MR) is 148 cm³/mol. The summed E-state index contributed by atoms with van der Waals surface area (Å²) in [5.41, 5.74) is -0.248. The van der Waals surface area contributed by atoms with Crippen LogP contribution in [0.15, 0.2) is 72.8 Å². The molecule has 1 aliphatic rings. The van der Waals surface area contributed by atoms with E-state index in [-0.39, 0.29) is 11.5 Å². The first-order valence-electron chi connectivity index (χ1n) is 13.2. The van der Waals surface area contributed by atoms with Gasteiger partial charge in [-0.25, -0.2) is 9.78 Å². The minimum atomic E-state index is -4.60. The van der Waals surface area contributed by atoms with Gasteiger partial charge in [0.2, 0.25) is 0 Å². The molecule has 1 aromatic heterocycles. The minimum Gasteiger partial charge on any atom is -0.480 e. The zero-order chi connectivity index (χ0) is 30.1. The number of carboxylic acid groups (broad SMARTS) is 1. The second-order valence-corrected chi connectivity index (χ2v) is 11.4. The highest BCUT2D eigenvalue weighted by Crippen LogP contribution is 2.50. The van der Waals surface area contributed by atoms with Gasteiger partial charge in [-0.05, 0) is 35.6 Å². The monoisotopic (exact) mass is 569 g/mol. The summed E-state index contributed by atoms with van der Waals surface area (Å²) in [6.45, 7) is 7.03. The maximum Gasteiger partial charge on any atom is 0.416 e. The maximum absolute atomic E-state index is 14.3. The van der Waals surface area contributed by atoms with E-state index in [1.165, 1.54) is 18.9 Å². The van der Waals surface area contributed by atoms with E-state index in [0.717, 1.165) is 12.1 Å². The standard InChI is InChI=1S/C31H34F3N3O4/c1-18-16-21(31(32,33)34)17-22(35-18)36-24-23(30(2,3)4)26(29(39)40)37(25(24)19-12-8-6-9-13-19)28(38)27(41-5)20-14-10-7-11-15-20/h6-17,23-27H,1-5H3,(H,35,36)(H,39,40)/t23-,24-,25-,26-,27+/m1/s1. The number of aromatic nitrogens is 1. The molecule has 7 nitrogen and oxygen atoms in total. The second kappa shape index (κ2) is 11.5. The number of amides is 1. The Balaban J connectivity index is 1.92. The number of likely N-dealkylation sites (tertiary alicyclic amines) is 1. The largest absolute Gasteiger partial charge is 0.480 e. The first-order chi connectivity index (χ1) is 19.2. The number of benzene rings is 2. The van der Waals surface area contributed by atoms with E-state index in [1.54, 1.807) is 60.7 Å². The Morgan fingerprint density at radius 1 is 1.00 bits per heavy atom. The number of ether oxygens (including phenoxy) is 1. The number of hydrogen-bond acceptors (Lipinski definition) is 5. The van der Waals surface area contributed by atoms with Crippen molar-refractivity contribution in [3.8, 4) is 0 Å². The average Bonchev–Trinajstić information content (AvgIpc) is 3.25. The third kappa shape index (κ3) is 6.22. The molecule has 0 saturated carbocycles. The zero-order valence-corrected chi connectivity index (χ0v) is 23.5. The fraction of sp³-hybridized carbons (Fsp3) is 0.387. The lowest BCUT2D eigenvalue weighted by molar-refractivity contribution is -0.157. The first-order valence-corrected chi connectivity index (χ1v) is 13.2. The van der Waals surface area contributed by atoms with Crippen LogP contribution in [0.4, 0.5) is 19.0 Å². The van der Waals surface area contributed by atoms with Gasteiger partial charge in [0.1, 0.15) is 11.9 Å². The van der Waals surface area contributed by atoms with Crippen molar-refractivity contribution in [2.75, 3.05) is 12.4 Å². The summed E-state index contributed by atoms with van der Waals surface area (Å²) in [6, 6.07) is 16.5. The van der Waals surface area contributed by atoms with Gasteiger partial charge in [0.25, 0.3) is 5.91 Å². The number of alkyl halides is 3. The van der Waals surface area contributed by atoms with Gasteiger partial charge in [0, 0.05) is 18.7 Å². The molecule has 2 aromatic carbocycles. The molecule has 41 heavy (non-hydrogen) atoms. The van der Waals surface area contributed by atoms with Gasteiger partial charge in [-0.3, -0.25) is 4.79 Å². The van der Waals surface area contributed by atoms with E-state index in [2.05, 4.69) is 10.3 Å². The normalized spacial score (nSPS) is 21.9. The topological polar surface area (TPSA) is 91.8 Å². The molecule has 0 radical (unpaired) electrons. The van der Waals surface area contributed by atoms with Gasteiger partial charge >= 0.3 is 12.1 Å². The molecular weight excluding hydrogens is 535 g/mol. The summed E-state index contributed by atoms with van der Waals surface area (Å²) in [5, 5.41) is 13.8. The highest BCUT2D eigenvalue weighted by atomic mass is 19.4. The number of aryl methyl sites for hydroxylation is 1. The van der Waals surface area contributed by atoms with Gasteiger partial charge in [0.15, 0.2) is 6.10 Å². The van der Waals surface area contributed by atoms with Crippen molar-refractivity contribution in [1.82, 2.24) is 9.88 Å². The molecule has 0 unspecified atom stereocenters. The van der Waals surface area contributed by atoms with Crippen LogP contribution in [0.3, 0.4) is 0 Å². The molecule has 10 heteroatoms. The predicted octanol–water partition coefficient (Wildman–Crippen LogP) is 6.28. The molecular formula is C31H34F3N3O4. The summed E-state index contributed by atoms with van der Waals surface area (Å²) >= 11 is 0. The van der Waals surface area contributed by atoms with Gasteiger partial charge < -0.3 is 20.1 Å². The molecule has 4 rings (SSSR count). The first kappa shape index (κ1) is 30.0. The fourth-order valence-corrected chi connectivity index (χ4v) is 5.88. The number of carboxylic acids is 1. The number of carbonyl (C=O) groups excluding carboxylic acids is 1. The van der Waals surface area contributed by atoms with Gasteiger partial charge in [-0.2, -0.15) is 13.2 Å². The number of anilines is 1. The molecule has 218 valence electrons. The van der Waals surface area contributed by atoms with E-state index in [0.29, 0.717) is 11.1 Å². The number of rotatable bonds is 7. The van der Waals surface area contributed by atoms with E-state index >= 15 is 0 Å². The Labute approximate surface area is 237 Å². The number of hydrogen-bond donors (Lipinski definition) is 2. The van der Waals surface area contributed by atoms with Gasteiger partial charge in [-0.15, -0.1) is 0 Å². The van der Waals surface area contributed by atoms with Crippen molar-refractivity contribution in [1.29, 1.82) is 0 Å². The molecule has 5 atom stereocenters. The summed E-state index contributed by atoms with van der Waals surface area (Å²) < 4.78 is 46.7. The van der Waals surface area contributed by atoms with Crippen LogP contribution in [0.2, 0.25) is 0 Å². The van der Waals surface area contributed by atoms with Crippen LogP contribution in [0, 0.1) is 18.3 Å². The Morgan fingerprint density at radius 2 is 1.59 bits per heavy atom. The Bertz CT molecular complexity index is 1380. The maximum atomic E-state index is 14.3. The molecule has 0 spiro atoms. The van der Waals surface area contributed by atoms with Crippen molar-refractivity contribution >= 4 is 17.7 Å². The SMILES string of the molecule is CO[C@H](C(=O)N1[C@H](c2ccccc2)[C@H](Nc2cc(C(F)(F)F)cc(C)n2)[C@@H](C(C)(C)C)[C@@H]1C(=O)O)c1ccccc1. The van der Waals surface area contributed by atoms with Crippen molar-refractivity contribution in [2.24, 2.45) is 11.3 Å². The van der Waals surface area contributed by atoms with Crippen LogP contribution < -0.4 is 5.32 Å². The van der Waals surface area contributed by atoms with Crippen molar-refractivity contribution in [2.45, 2.75) is 58.1 Å². The average molecular weight is 570 g/mol. The molecule has 0 aliphatic carbocycles. The van der Waals surface area contributed by atoms with Crippen molar-refractivity contribution in [3.63, 3.8) is 0 Å². The Morgan fingerprint density at radius 3 is 2.10 bits per heavy atom. The number of carbonyl (C=O) groups is 2. The van der Waals surface area contributed by atoms with Gasteiger partial charge in [-0.1, -0.05) is 81.4 Å². The third-order valence-corrected chi connectivity index (χ3v) is 7.47. The quantitative estimate of drug-likeness (QED) is 0.348. The van der Waals surface area contributed by atoms with Crippen LogP contribution in [0.5, 0.6) is 0 Å². The third-order valence-electron chi connectivity index (χ3n) is 7.47. The smallest absolute Gasteiger partial charge is 0.416 e. The summed E-state index contributed by atoms with van der Waals surface area (Å²) in [4.78, 5) is 33.0. The van der Waals surface area contributed by atoms with Crippen molar-refractivity contribution < 1.29 is 32.6 Å². The number of aliphatic carboxylic acids is 1. The van der Waals surface area contributed by atoms with E-state index < -0.39 is 59.2 Å². The molecule has 1 amide bonds. The van der Waals surface area contributed by atoms with Crippen LogP contribution in [-0.4, -0.2) is 46.1 Å². The van der Waals surface area contributed by atoms with E-state index in [9.17, 15) is 27.9 Å². The highest BCUT2D eigenvalue weighted by molar-refractivity contribution is 5.89. The number of nitrogens with one attached hydrogen (secondary N) is 1. The fourth-order valence-electron chi connectivity index (χ4n) is 5.88. The lowest BCUT2D eigenvalue weighted by Gasteiger charge is -2.35. The lowest BCUT2D eigenvalue weighted by atomic mass is 9.72. The Kier molecular flexibility index (Phi) is 8.44. The molecule has 3 aromatic rings. The van der Waals surface area contributed by atoms with Crippen LogP contribution in [0.25, 0.3) is 0 Å². The molecule has 1 fully saturated rings. The summed E-state index contributed by atoms with van der Waals surface area (Å²) in [5.74, 6) is -2.58. The molecule has 2 N–H and O–H groups in total. The molecule has 2 heterocycles. The number of halogens is 3. The number of methoxy groups -OCH3 is 1. The highest BCUT2D eigenvalue weighted by Gasteiger charge is 2.59. The molecule has 1 aliphatic heterocycles. The second-order valence-electron chi connectivity index (χ2n) is 11.4. The van der Waals surface area contributed by atoms with Crippen LogP contribution in [-0.2, 0) is 20.5 Å². The van der Waals surface area contributed by atoms with E-state index in [1.807, 2.05) is 20.8 Å². The lowest BCUT2D eigenvalue weighted by Crippen LogP contribution is -2.48. The van der Waals surface area contributed by atoms with Crippen molar-refractivity contribution in [3.05, 3.63) is 95.2 Å². The number of nitrogens with zero attached hydrogens (tertiary/aromatic N) is 2. The zero-order valence-electron chi connectivity index (χ0n) is 23.5. The summed E-state index contributed by atoms with van der Waals surface area (Å²) in [6.07, 6.45) is -5.70. The van der Waals surface area contributed by atoms with E-state index in [4.69, 9.17) is 4.74 Å². The van der Waals surface area contributed by atoms with Crippen LogP contribution in [0.1, 0.15) is 55.3 Å². The summed E-state index contributed by atoms with van der Waals surface area (Å²) in [7, 11) is 1.38. The Hall–Kier alpha value is -3.92. The minimum absolute atomic E-state index is 0.0534.